The Morgan fingerprint density at radius 2 is 2.21 bits per heavy atom. The molecule has 0 spiro atoms. The largest absolute Gasteiger partial charge is 0.459 e. The van der Waals surface area contributed by atoms with Gasteiger partial charge >= 0.3 is 12.1 Å². The van der Waals surface area contributed by atoms with Crippen molar-refractivity contribution in [3.63, 3.8) is 0 Å². The Hall–Kier alpha value is -0.780. The Bertz CT molecular complexity index is 408. The molecule has 0 amide bonds. The van der Waals surface area contributed by atoms with Crippen LogP contribution in [0.2, 0.25) is 0 Å². The molecule has 19 heavy (non-hydrogen) atoms. The average molecular weight is 278 g/mol. The van der Waals surface area contributed by atoms with E-state index in [1.54, 1.807) is 0 Å². The van der Waals surface area contributed by atoms with Gasteiger partial charge in [-0.15, -0.1) is 0 Å². The van der Waals surface area contributed by atoms with E-state index in [2.05, 4.69) is 0 Å². The van der Waals surface area contributed by atoms with Crippen LogP contribution in [0.3, 0.4) is 0 Å². The molecule has 2 saturated carbocycles. The number of hydrogen-bond donors (Lipinski definition) is 0. The molecule has 6 atom stereocenters. The van der Waals surface area contributed by atoms with Gasteiger partial charge < -0.3 is 9.47 Å². The summed E-state index contributed by atoms with van der Waals surface area (Å²) in [6.07, 6.45) is -4.60. The zero-order valence-electron chi connectivity index (χ0n) is 10.9. The molecular weight excluding hydrogens is 261 g/mol. The maximum Gasteiger partial charge on any atom is 0.405 e. The quantitative estimate of drug-likeness (QED) is 0.745. The monoisotopic (exact) mass is 278 g/mol. The molecule has 3 fully saturated rings. The lowest BCUT2D eigenvalue weighted by atomic mass is 9.73. The van der Waals surface area contributed by atoms with Crippen LogP contribution in [0.5, 0.6) is 0 Å². The molecule has 2 bridgehead atoms. The van der Waals surface area contributed by atoms with Crippen molar-refractivity contribution in [2.75, 3.05) is 0 Å². The third-order valence-corrected chi connectivity index (χ3v) is 5.04. The first-order valence-corrected chi connectivity index (χ1v) is 6.74. The molecule has 2 aliphatic carbocycles. The lowest BCUT2D eigenvalue weighted by Crippen LogP contribution is -2.48. The first-order valence-electron chi connectivity index (χ1n) is 6.74. The number of carbonyl (C=O) groups excluding carboxylic acids is 1. The molecule has 0 aromatic heterocycles. The van der Waals surface area contributed by atoms with Gasteiger partial charge in [-0.3, -0.25) is 4.79 Å². The molecule has 6 heteroatoms. The van der Waals surface area contributed by atoms with Crippen molar-refractivity contribution in [2.24, 2.45) is 17.3 Å². The second-order valence-corrected chi connectivity index (χ2v) is 5.96. The van der Waals surface area contributed by atoms with Gasteiger partial charge in [0.2, 0.25) is 0 Å². The van der Waals surface area contributed by atoms with E-state index in [-0.39, 0.29) is 24.5 Å². The highest BCUT2D eigenvalue weighted by atomic mass is 19.4. The van der Waals surface area contributed by atoms with Gasteiger partial charge in [0.1, 0.15) is 6.10 Å². The molecular formula is C13H17F3O3. The number of ether oxygens (including phenoxy) is 2. The summed E-state index contributed by atoms with van der Waals surface area (Å²) in [6, 6.07) is 0. The van der Waals surface area contributed by atoms with Gasteiger partial charge in [-0.05, 0) is 32.1 Å². The van der Waals surface area contributed by atoms with Gasteiger partial charge in [-0.25, -0.2) is 0 Å². The van der Waals surface area contributed by atoms with Crippen molar-refractivity contribution >= 4 is 5.97 Å². The number of alkyl halides is 3. The van der Waals surface area contributed by atoms with E-state index in [1.165, 1.54) is 0 Å². The molecule has 6 unspecified atom stereocenters. The number of fused-ring (bicyclic) bond motifs is 1. The summed E-state index contributed by atoms with van der Waals surface area (Å²) in [5.41, 5.74) is -2.25. The molecule has 0 radical (unpaired) electrons. The fourth-order valence-corrected chi connectivity index (χ4v) is 3.94. The summed E-state index contributed by atoms with van der Waals surface area (Å²) in [7, 11) is 0. The molecule has 3 rings (SSSR count). The van der Waals surface area contributed by atoms with Crippen LogP contribution in [-0.4, -0.2) is 30.5 Å². The van der Waals surface area contributed by atoms with Crippen LogP contribution in [0.4, 0.5) is 13.2 Å². The van der Waals surface area contributed by atoms with Crippen molar-refractivity contribution in [1.82, 2.24) is 0 Å². The SMILES string of the molecule is CCC(C)OC1C2CC3C1OC(=O)C3(C(F)(F)F)C2. The van der Waals surface area contributed by atoms with E-state index in [0.29, 0.717) is 6.42 Å². The summed E-state index contributed by atoms with van der Waals surface area (Å²) in [6.45, 7) is 3.85. The fraction of sp³-hybridized carbons (Fsp3) is 0.923. The molecule has 0 aromatic carbocycles. The van der Waals surface area contributed by atoms with Crippen LogP contribution < -0.4 is 0 Å². The van der Waals surface area contributed by atoms with E-state index in [9.17, 15) is 18.0 Å². The molecule has 1 heterocycles. The predicted molar refractivity (Wildman–Crippen MR) is 59.2 cm³/mol. The van der Waals surface area contributed by atoms with Crippen LogP contribution >= 0.6 is 0 Å². The number of hydrogen-bond acceptors (Lipinski definition) is 3. The predicted octanol–water partition coefficient (Wildman–Crippen LogP) is 2.68. The first kappa shape index (κ1) is 13.2. The van der Waals surface area contributed by atoms with Crippen LogP contribution in [-0.2, 0) is 14.3 Å². The molecule has 0 aromatic rings. The Balaban J connectivity index is 1.87. The fourth-order valence-electron chi connectivity index (χ4n) is 3.94. The normalized spacial score (nSPS) is 45.6. The Morgan fingerprint density at radius 3 is 2.79 bits per heavy atom. The molecule has 3 aliphatic rings. The number of esters is 1. The van der Waals surface area contributed by atoms with Crippen LogP contribution in [0.15, 0.2) is 0 Å². The van der Waals surface area contributed by atoms with E-state index in [1.807, 2.05) is 13.8 Å². The summed E-state index contributed by atoms with van der Waals surface area (Å²) in [5, 5.41) is 0. The minimum Gasteiger partial charge on any atom is -0.459 e. The highest BCUT2D eigenvalue weighted by Crippen LogP contribution is 2.67. The van der Waals surface area contributed by atoms with Crippen molar-refractivity contribution in [2.45, 2.75) is 57.6 Å². The lowest BCUT2D eigenvalue weighted by molar-refractivity contribution is -0.232. The maximum absolute atomic E-state index is 13.3. The highest BCUT2D eigenvalue weighted by Gasteiger charge is 2.80. The molecule has 1 aliphatic heterocycles. The van der Waals surface area contributed by atoms with Crippen molar-refractivity contribution in [3.05, 3.63) is 0 Å². The summed E-state index contributed by atoms with van der Waals surface area (Å²) in [4.78, 5) is 11.8. The zero-order chi connectivity index (χ0) is 14.0. The minimum absolute atomic E-state index is 0.0241. The Morgan fingerprint density at radius 1 is 1.53 bits per heavy atom. The van der Waals surface area contributed by atoms with Gasteiger partial charge in [0.25, 0.3) is 0 Å². The van der Waals surface area contributed by atoms with Crippen molar-refractivity contribution < 1.29 is 27.4 Å². The van der Waals surface area contributed by atoms with Crippen LogP contribution in [0, 0.1) is 17.3 Å². The van der Waals surface area contributed by atoms with E-state index < -0.39 is 29.6 Å². The van der Waals surface area contributed by atoms with Crippen molar-refractivity contribution in [1.29, 1.82) is 0 Å². The molecule has 3 nitrogen and oxygen atoms in total. The van der Waals surface area contributed by atoms with E-state index in [0.717, 1.165) is 6.42 Å². The Kier molecular flexibility index (Phi) is 2.69. The van der Waals surface area contributed by atoms with E-state index in [4.69, 9.17) is 9.47 Å². The van der Waals surface area contributed by atoms with Gasteiger partial charge in [0.05, 0.1) is 12.2 Å². The second-order valence-electron chi connectivity index (χ2n) is 5.96. The molecule has 108 valence electrons. The Labute approximate surface area is 109 Å². The van der Waals surface area contributed by atoms with Gasteiger partial charge in [0, 0.05) is 5.92 Å². The lowest BCUT2D eigenvalue weighted by Gasteiger charge is -2.34. The molecule has 1 saturated heterocycles. The third kappa shape index (κ3) is 1.52. The van der Waals surface area contributed by atoms with E-state index >= 15 is 0 Å². The average Bonchev–Trinajstić information content (AvgIpc) is 2.90. The van der Waals surface area contributed by atoms with Gasteiger partial charge in [0.15, 0.2) is 5.41 Å². The van der Waals surface area contributed by atoms with Crippen LogP contribution in [0.1, 0.15) is 33.1 Å². The summed E-state index contributed by atoms with van der Waals surface area (Å²) in [5.74, 6) is -2.05. The summed E-state index contributed by atoms with van der Waals surface area (Å²) >= 11 is 0. The second kappa shape index (κ2) is 3.87. The van der Waals surface area contributed by atoms with Gasteiger partial charge in [-0.1, -0.05) is 6.92 Å². The standard InChI is InChI=1S/C13H17F3O3/c1-3-6(2)18-9-7-4-8-10(9)19-11(17)12(8,5-7)13(14,15)16/h6-10H,3-5H2,1-2H3. The smallest absolute Gasteiger partial charge is 0.405 e. The van der Waals surface area contributed by atoms with Gasteiger partial charge in [-0.2, -0.15) is 13.2 Å². The highest BCUT2D eigenvalue weighted by molar-refractivity contribution is 5.82. The van der Waals surface area contributed by atoms with Crippen LogP contribution in [0.25, 0.3) is 0 Å². The van der Waals surface area contributed by atoms with Crippen molar-refractivity contribution in [3.8, 4) is 0 Å². The summed E-state index contributed by atoms with van der Waals surface area (Å²) < 4.78 is 50.6. The topological polar surface area (TPSA) is 35.5 Å². The minimum atomic E-state index is -4.51. The maximum atomic E-state index is 13.3. The number of halogens is 3. The first-order chi connectivity index (χ1) is 8.81. The number of rotatable bonds is 3. The number of carbonyl (C=O) groups is 1. The zero-order valence-corrected chi connectivity index (χ0v) is 10.9. The third-order valence-electron chi connectivity index (χ3n) is 5.04. The molecule has 0 N–H and O–H groups in total.